The molecule has 1 saturated carbocycles. The fraction of sp³-hybridized carbons (Fsp3) is 0.600. The first-order valence-electron chi connectivity index (χ1n) is 9.11. The van der Waals surface area contributed by atoms with Crippen LogP contribution in [0.15, 0.2) is 30.3 Å². The summed E-state index contributed by atoms with van der Waals surface area (Å²) in [7, 11) is 0. The highest BCUT2D eigenvalue weighted by molar-refractivity contribution is 5.67. The van der Waals surface area contributed by atoms with Gasteiger partial charge in [-0.05, 0) is 48.6 Å². The number of alkyl halides is 3. The molecule has 1 aliphatic heterocycles. The lowest BCUT2D eigenvalue weighted by atomic mass is 9.87. The molecule has 3 rings (SSSR count). The second-order valence-corrected chi connectivity index (χ2v) is 7.15. The third-order valence-electron chi connectivity index (χ3n) is 5.43. The van der Waals surface area contributed by atoms with Gasteiger partial charge in [-0.25, -0.2) is 0 Å². The molecule has 2 aliphatic rings. The van der Waals surface area contributed by atoms with Crippen molar-refractivity contribution in [3.05, 3.63) is 41.5 Å². The Morgan fingerprint density at radius 1 is 1.08 bits per heavy atom. The first kappa shape index (κ1) is 17.5. The highest BCUT2D eigenvalue weighted by Gasteiger charge is 2.30. The molecule has 24 heavy (non-hydrogen) atoms. The molecule has 0 unspecified atom stereocenters. The van der Waals surface area contributed by atoms with Crippen LogP contribution in [0.2, 0.25) is 0 Å². The van der Waals surface area contributed by atoms with E-state index in [1.54, 1.807) is 6.07 Å². The molecule has 0 amide bonds. The highest BCUT2D eigenvalue weighted by atomic mass is 19.4. The van der Waals surface area contributed by atoms with Gasteiger partial charge in [-0.1, -0.05) is 50.3 Å². The van der Waals surface area contributed by atoms with Gasteiger partial charge in [0.15, 0.2) is 0 Å². The summed E-state index contributed by atoms with van der Waals surface area (Å²) in [5.74, 6) is 0.882. The maximum atomic E-state index is 12.8. The Balaban J connectivity index is 1.55. The Morgan fingerprint density at radius 3 is 2.54 bits per heavy atom. The second-order valence-electron chi connectivity index (χ2n) is 7.15. The quantitative estimate of drug-likeness (QED) is 0.674. The lowest BCUT2D eigenvalue weighted by molar-refractivity contribution is -0.137. The fourth-order valence-electron chi connectivity index (χ4n) is 3.91. The van der Waals surface area contributed by atoms with E-state index in [1.807, 2.05) is 0 Å². The van der Waals surface area contributed by atoms with Crippen molar-refractivity contribution >= 4 is 5.57 Å². The van der Waals surface area contributed by atoms with Crippen LogP contribution < -0.4 is 0 Å². The van der Waals surface area contributed by atoms with Gasteiger partial charge in [-0.2, -0.15) is 13.2 Å². The molecule has 0 radical (unpaired) electrons. The molecule has 1 heterocycles. The van der Waals surface area contributed by atoms with Gasteiger partial charge in [-0.3, -0.25) is 4.90 Å². The SMILES string of the molecule is FC(F)(F)c1cccc(C2=CCN(CCC3CCCCC3)CC2)c1. The molecule has 0 aromatic heterocycles. The summed E-state index contributed by atoms with van der Waals surface area (Å²) in [4.78, 5) is 2.44. The normalized spacial score (nSPS) is 20.9. The zero-order valence-electron chi connectivity index (χ0n) is 14.1. The van der Waals surface area contributed by atoms with Crippen LogP contribution in [0.1, 0.15) is 56.1 Å². The van der Waals surface area contributed by atoms with Crippen LogP contribution in [0, 0.1) is 5.92 Å². The van der Waals surface area contributed by atoms with Gasteiger partial charge >= 0.3 is 6.18 Å². The van der Waals surface area contributed by atoms with Gasteiger partial charge in [0.25, 0.3) is 0 Å². The van der Waals surface area contributed by atoms with E-state index in [0.29, 0.717) is 0 Å². The van der Waals surface area contributed by atoms with E-state index in [2.05, 4.69) is 11.0 Å². The largest absolute Gasteiger partial charge is 0.416 e. The average Bonchev–Trinajstić information content (AvgIpc) is 2.61. The summed E-state index contributed by atoms with van der Waals surface area (Å²) in [6, 6.07) is 5.72. The smallest absolute Gasteiger partial charge is 0.299 e. The van der Waals surface area contributed by atoms with Crippen molar-refractivity contribution in [1.82, 2.24) is 4.90 Å². The summed E-state index contributed by atoms with van der Waals surface area (Å²) < 4.78 is 38.5. The summed E-state index contributed by atoms with van der Waals surface area (Å²) >= 11 is 0. The Morgan fingerprint density at radius 2 is 1.88 bits per heavy atom. The van der Waals surface area contributed by atoms with E-state index < -0.39 is 11.7 Å². The molecule has 1 aromatic carbocycles. The summed E-state index contributed by atoms with van der Waals surface area (Å²) in [6.45, 7) is 2.93. The van der Waals surface area contributed by atoms with E-state index in [9.17, 15) is 13.2 Å². The van der Waals surface area contributed by atoms with E-state index in [0.717, 1.165) is 49.2 Å². The van der Waals surface area contributed by atoms with Gasteiger partial charge in [0.2, 0.25) is 0 Å². The topological polar surface area (TPSA) is 3.24 Å². The lowest BCUT2D eigenvalue weighted by Crippen LogP contribution is -2.30. The molecular formula is C20H26F3N. The third-order valence-corrected chi connectivity index (χ3v) is 5.43. The van der Waals surface area contributed by atoms with Crippen molar-refractivity contribution in [1.29, 1.82) is 0 Å². The number of halogens is 3. The van der Waals surface area contributed by atoms with Crippen molar-refractivity contribution in [3.63, 3.8) is 0 Å². The molecule has 1 fully saturated rings. The van der Waals surface area contributed by atoms with Crippen molar-refractivity contribution in [3.8, 4) is 0 Å². The molecule has 1 nitrogen and oxygen atoms in total. The number of rotatable bonds is 4. The number of benzene rings is 1. The third kappa shape index (κ3) is 4.62. The molecular weight excluding hydrogens is 311 g/mol. The van der Waals surface area contributed by atoms with Crippen LogP contribution in [-0.4, -0.2) is 24.5 Å². The van der Waals surface area contributed by atoms with E-state index in [-0.39, 0.29) is 0 Å². The molecule has 4 heteroatoms. The second kappa shape index (κ2) is 7.73. The summed E-state index contributed by atoms with van der Waals surface area (Å²) in [5, 5.41) is 0. The minimum absolute atomic E-state index is 0.555. The van der Waals surface area contributed by atoms with Gasteiger partial charge in [-0.15, -0.1) is 0 Å². The van der Waals surface area contributed by atoms with Crippen LogP contribution in [-0.2, 0) is 6.18 Å². The Labute approximate surface area is 142 Å². The molecule has 1 aliphatic carbocycles. The van der Waals surface area contributed by atoms with E-state index in [1.165, 1.54) is 50.7 Å². The van der Waals surface area contributed by atoms with Crippen LogP contribution in [0.5, 0.6) is 0 Å². The summed E-state index contributed by atoms with van der Waals surface area (Å²) in [5.41, 5.74) is 1.22. The van der Waals surface area contributed by atoms with Crippen LogP contribution in [0.3, 0.4) is 0 Å². The average molecular weight is 337 g/mol. The van der Waals surface area contributed by atoms with Crippen molar-refractivity contribution in [2.45, 2.75) is 51.1 Å². The van der Waals surface area contributed by atoms with Gasteiger partial charge in [0.1, 0.15) is 0 Å². The number of hydrogen-bond donors (Lipinski definition) is 0. The molecule has 1 aromatic rings. The van der Waals surface area contributed by atoms with Crippen molar-refractivity contribution in [2.75, 3.05) is 19.6 Å². The van der Waals surface area contributed by atoms with Crippen LogP contribution in [0.4, 0.5) is 13.2 Å². The molecule has 0 N–H and O–H groups in total. The minimum atomic E-state index is -4.27. The maximum Gasteiger partial charge on any atom is 0.416 e. The lowest BCUT2D eigenvalue weighted by Gasteiger charge is -2.29. The Bertz CT molecular complexity index is 570. The van der Waals surface area contributed by atoms with E-state index in [4.69, 9.17) is 0 Å². The monoisotopic (exact) mass is 337 g/mol. The molecule has 0 atom stereocenters. The van der Waals surface area contributed by atoms with Gasteiger partial charge < -0.3 is 0 Å². The number of hydrogen-bond acceptors (Lipinski definition) is 1. The highest BCUT2D eigenvalue weighted by Crippen LogP contribution is 2.32. The van der Waals surface area contributed by atoms with Gasteiger partial charge in [0, 0.05) is 13.1 Å². The number of nitrogens with zero attached hydrogens (tertiary/aromatic N) is 1. The standard InChI is InChI=1S/C20H26F3N/c21-20(22,23)19-8-4-7-18(15-19)17-10-13-24(14-11-17)12-9-16-5-2-1-3-6-16/h4,7-8,10,15-16H,1-3,5-6,9,11-14H2. The fourth-order valence-corrected chi connectivity index (χ4v) is 3.91. The first-order valence-corrected chi connectivity index (χ1v) is 9.11. The predicted octanol–water partition coefficient (Wildman–Crippen LogP) is 5.76. The summed E-state index contributed by atoms with van der Waals surface area (Å²) in [6.07, 6.45) is 6.85. The zero-order valence-corrected chi connectivity index (χ0v) is 14.1. The maximum absolute atomic E-state index is 12.8. The van der Waals surface area contributed by atoms with Gasteiger partial charge in [0.05, 0.1) is 5.56 Å². The zero-order chi connectivity index (χ0) is 17.0. The molecule has 0 spiro atoms. The molecule has 0 bridgehead atoms. The van der Waals surface area contributed by atoms with Crippen molar-refractivity contribution < 1.29 is 13.2 Å². The van der Waals surface area contributed by atoms with Crippen LogP contribution >= 0.6 is 0 Å². The van der Waals surface area contributed by atoms with Crippen molar-refractivity contribution in [2.24, 2.45) is 5.92 Å². The molecule has 0 saturated heterocycles. The van der Waals surface area contributed by atoms with E-state index >= 15 is 0 Å². The van der Waals surface area contributed by atoms with Crippen LogP contribution in [0.25, 0.3) is 5.57 Å². The first-order chi connectivity index (χ1) is 11.5. The minimum Gasteiger partial charge on any atom is -0.299 e. The predicted molar refractivity (Wildman–Crippen MR) is 91.7 cm³/mol. The Kier molecular flexibility index (Phi) is 5.65. The Hall–Kier alpha value is -1.29. The molecule has 132 valence electrons.